The fraction of sp³-hybridized carbons (Fsp3) is 0.333. The van der Waals surface area contributed by atoms with Crippen molar-refractivity contribution in [2.45, 2.75) is 55.6 Å². The maximum absolute atomic E-state index is 13.2. The van der Waals surface area contributed by atoms with Gasteiger partial charge in [0.25, 0.3) is 5.56 Å². The van der Waals surface area contributed by atoms with Crippen LogP contribution in [-0.2, 0) is 11.3 Å². The summed E-state index contributed by atoms with van der Waals surface area (Å²) in [5.74, 6) is -0.426. The Labute approximate surface area is 200 Å². The monoisotopic (exact) mass is 482 g/mol. The molecule has 1 fully saturated rings. The Morgan fingerprint density at radius 3 is 2.73 bits per heavy atom. The lowest BCUT2D eigenvalue weighted by Crippen LogP contribution is -2.46. The minimum atomic E-state index is -0.619. The predicted octanol–water partition coefficient (Wildman–Crippen LogP) is 4.56. The smallest absolute Gasteiger partial charge is 0.321 e. The van der Waals surface area contributed by atoms with E-state index in [9.17, 15) is 14.4 Å². The fourth-order valence-corrected chi connectivity index (χ4v) is 5.80. The molecule has 33 heavy (non-hydrogen) atoms. The predicted molar refractivity (Wildman–Crippen MR) is 134 cm³/mol. The Bertz CT molecular complexity index is 1230. The van der Waals surface area contributed by atoms with Gasteiger partial charge in [0.05, 0.1) is 10.8 Å². The van der Waals surface area contributed by atoms with E-state index in [-0.39, 0.29) is 18.1 Å². The number of urea groups is 1. The number of allylic oxidation sites excluding steroid dienone is 1. The second kappa shape index (κ2) is 10.4. The highest BCUT2D eigenvalue weighted by atomic mass is 32.2. The summed E-state index contributed by atoms with van der Waals surface area (Å²) in [5.41, 5.74) is 1.45. The molecule has 0 aliphatic heterocycles. The van der Waals surface area contributed by atoms with Crippen LogP contribution < -0.4 is 16.2 Å². The molecule has 172 valence electrons. The van der Waals surface area contributed by atoms with Crippen molar-refractivity contribution >= 4 is 45.3 Å². The Hall–Kier alpha value is -2.91. The van der Waals surface area contributed by atoms with Crippen LogP contribution in [-0.4, -0.2) is 32.8 Å². The van der Waals surface area contributed by atoms with Crippen molar-refractivity contribution in [3.63, 3.8) is 0 Å². The number of nitrogens with zero attached hydrogens (tertiary/aromatic N) is 2. The van der Waals surface area contributed by atoms with Crippen LogP contribution in [0.1, 0.15) is 32.6 Å². The minimum Gasteiger partial charge on any atom is -0.335 e. The third kappa shape index (κ3) is 5.36. The molecule has 7 nitrogen and oxygen atoms in total. The third-order valence-electron chi connectivity index (χ3n) is 5.55. The van der Waals surface area contributed by atoms with Gasteiger partial charge in [-0.1, -0.05) is 61.0 Å². The number of fused-ring (bicyclic) bond motifs is 1. The molecule has 4 rings (SSSR count). The molecule has 3 aromatic rings. The van der Waals surface area contributed by atoms with Crippen LogP contribution in [0.4, 0.5) is 4.79 Å². The average Bonchev–Trinajstić information content (AvgIpc) is 3.47. The molecule has 0 spiro atoms. The maximum atomic E-state index is 13.2. The first kappa shape index (κ1) is 23.3. The van der Waals surface area contributed by atoms with E-state index in [0.717, 1.165) is 47.9 Å². The number of imide groups is 1. The van der Waals surface area contributed by atoms with E-state index in [1.165, 1.54) is 15.9 Å². The molecule has 1 aliphatic carbocycles. The van der Waals surface area contributed by atoms with E-state index in [1.807, 2.05) is 36.4 Å². The molecule has 3 amide bonds. The molecule has 0 bridgehead atoms. The minimum absolute atomic E-state index is 0.125. The SMILES string of the molecule is C=CCn1c(SC(C)C(=O)NC(=O)NC2CCCC2)nc2cc(-c3ccccc3)sc2c1=O. The number of thiophene rings is 1. The van der Waals surface area contributed by atoms with Crippen molar-refractivity contribution in [2.24, 2.45) is 0 Å². The number of rotatable bonds is 7. The molecule has 9 heteroatoms. The van der Waals surface area contributed by atoms with Gasteiger partial charge in [-0.15, -0.1) is 17.9 Å². The molecule has 0 saturated heterocycles. The lowest BCUT2D eigenvalue weighted by molar-refractivity contribution is -0.119. The molecule has 1 saturated carbocycles. The van der Waals surface area contributed by atoms with E-state index in [4.69, 9.17) is 4.98 Å². The lowest BCUT2D eigenvalue weighted by Gasteiger charge is -2.16. The fourth-order valence-electron chi connectivity index (χ4n) is 3.83. The van der Waals surface area contributed by atoms with Crippen molar-refractivity contribution in [1.29, 1.82) is 0 Å². The number of nitrogens with one attached hydrogen (secondary N) is 2. The molecule has 1 atom stereocenters. The van der Waals surface area contributed by atoms with Crippen molar-refractivity contribution < 1.29 is 9.59 Å². The largest absolute Gasteiger partial charge is 0.335 e. The van der Waals surface area contributed by atoms with Gasteiger partial charge in [0.2, 0.25) is 5.91 Å². The topological polar surface area (TPSA) is 93.1 Å². The van der Waals surface area contributed by atoms with E-state index >= 15 is 0 Å². The van der Waals surface area contributed by atoms with Crippen molar-refractivity contribution in [2.75, 3.05) is 0 Å². The van der Waals surface area contributed by atoms with Crippen molar-refractivity contribution in [3.8, 4) is 10.4 Å². The summed E-state index contributed by atoms with van der Waals surface area (Å²) in [6.07, 6.45) is 5.69. The van der Waals surface area contributed by atoms with Gasteiger partial charge in [-0.05, 0) is 31.4 Å². The number of benzene rings is 1. The van der Waals surface area contributed by atoms with Gasteiger partial charge >= 0.3 is 6.03 Å². The highest BCUT2D eigenvalue weighted by Crippen LogP contribution is 2.32. The number of carbonyl (C=O) groups is 2. The molecule has 1 aromatic carbocycles. The Morgan fingerprint density at radius 2 is 2.03 bits per heavy atom. The number of thioether (sulfide) groups is 1. The molecular formula is C24H26N4O3S2. The van der Waals surface area contributed by atoms with Gasteiger partial charge in [0.1, 0.15) is 4.70 Å². The van der Waals surface area contributed by atoms with Crippen LogP contribution >= 0.6 is 23.1 Å². The highest BCUT2D eigenvalue weighted by molar-refractivity contribution is 8.00. The van der Waals surface area contributed by atoms with Crippen LogP contribution in [0.25, 0.3) is 20.7 Å². The summed E-state index contributed by atoms with van der Waals surface area (Å²) in [6, 6.07) is 11.4. The molecule has 1 unspecified atom stereocenters. The molecule has 1 aliphatic rings. The first-order valence-electron chi connectivity index (χ1n) is 10.9. The summed E-state index contributed by atoms with van der Waals surface area (Å²) in [5, 5.41) is 5.06. The average molecular weight is 483 g/mol. The molecule has 2 N–H and O–H groups in total. The quantitative estimate of drug-likeness (QED) is 0.293. The van der Waals surface area contributed by atoms with Crippen molar-refractivity contribution in [1.82, 2.24) is 20.2 Å². The van der Waals surface area contributed by atoms with Crippen LogP contribution in [0.3, 0.4) is 0 Å². The summed E-state index contributed by atoms with van der Waals surface area (Å²) in [6.45, 7) is 5.72. The number of hydrogen-bond acceptors (Lipinski definition) is 6. The van der Waals surface area contributed by atoms with Crippen LogP contribution in [0.2, 0.25) is 0 Å². The van der Waals surface area contributed by atoms with Gasteiger partial charge in [0.15, 0.2) is 5.16 Å². The van der Waals surface area contributed by atoms with E-state index < -0.39 is 17.2 Å². The Balaban J connectivity index is 1.55. The summed E-state index contributed by atoms with van der Waals surface area (Å²) < 4.78 is 2.08. The Morgan fingerprint density at radius 1 is 1.30 bits per heavy atom. The van der Waals surface area contributed by atoms with E-state index in [2.05, 4.69) is 17.2 Å². The summed E-state index contributed by atoms with van der Waals surface area (Å²) in [7, 11) is 0. The van der Waals surface area contributed by atoms with Gasteiger partial charge < -0.3 is 5.32 Å². The summed E-state index contributed by atoms with van der Waals surface area (Å²) >= 11 is 2.56. The first-order chi connectivity index (χ1) is 16.0. The second-order valence-electron chi connectivity index (χ2n) is 7.99. The maximum Gasteiger partial charge on any atom is 0.321 e. The highest BCUT2D eigenvalue weighted by Gasteiger charge is 2.23. The van der Waals surface area contributed by atoms with Crippen LogP contribution in [0.15, 0.2) is 59.0 Å². The molecular weight excluding hydrogens is 456 g/mol. The van der Waals surface area contributed by atoms with Gasteiger partial charge in [-0.25, -0.2) is 9.78 Å². The van der Waals surface area contributed by atoms with Gasteiger partial charge in [-0.2, -0.15) is 0 Å². The number of amides is 3. The third-order valence-corrected chi connectivity index (χ3v) is 7.80. The summed E-state index contributed by atoms with van der Waals surface area (Å²) in [4.78, 5) is 43.6. The lowest BCUT2D eigenvalue weighted by atomic mass is 10.2. The Kier molecular flexibility index (Phi) is 7.29. The van der Waals surface area contributed by atoms with Gasteiger partial charge in [-0.3, -0.25) is 19.5 Å². The van der Waals surface area contributed by atoms with E-state index in [1.54, 1.807) is 13.0 Å². The van der Waals surface area contributed by atoms with Crippen LogP contribution in [0, 0.1) is 0 Å². The standard InChI is InChI=1S/C24H26N4O3S2/c1-3-13-28-22(30)20-18(14-19(33-20)16-9-5-4-6-10-16)26-24(28)32-15(2)21(29)27-23(31)25-17-11-7-8-12-17/h3-6,9-10,14-15,17H,1,7-8,11-13H2,2H3,(H2,25,27,29,31). The van der Waals surface area contributed by atoms with Gasteiger partial charge in [0, 0.05) is 17.5 Å². The zero-order valence-electron chi connectivity index (χ0n) is 18.4. The van der Waals surface area contributed by atoms with Crippen molar-refractivity contribution in [3.05, 3.63) is 59.4 Å². The second-order valence-corrected chi connectivity index (χ2v) is 10.4. The van der Waals surface area contributed by atoms with E-state index in [0.29, 0.717) is 15.4 Å². The number of hydrogen-bond donors (Lipinski definition) is 2. The molecule has 2 aromatic heterocycles. The molecule has 2 heterocycles. The normalized spacial score (nSPS) is 14.8. The zero-order valence-corrected chi connectivity index (χ0v) is 20.0. The zero-order chi connectivity index (χ0) is 23.4. The molecule has 0 radical (unpaired) electrons. The number of aromatic nitrogens is 2. The number of carbonyl (C=O) groups excluding carboxylic acids is 2. The first-order valence-corrected chi connectivity index (χ1v) is 12.6. The van der Waals surface area contributed by atoms with Crippen LogP contribution in [0.5, 0.6) is 0 Å².